The van der Waals surface area contributed by atoms with Crippen LogP contribution < -0.4 is 15.6 Å². The molecule has 0 atom stereocenters. The number of hydrogen-bond donors (Lipinski definition) is 2. The minimum atomic E-state index is -0.367. The number of thiocarbonyl (C=S) groups is 1. The minimum absolute atomic E-state index is 0.212. The number of aromatic nitrogens is 2. The van der Waals surface area contributed by atoms with Crippen LogP contribution in [0, 0.1) is 6.92 Å². The maximum Gasteiger partial charge on any atom is 0.301 e. The first-order valence-corrected chi connectivity index (χ1v) is 8.23. The molecule has 0 fully saturated rings. The van der Waals surface area contributed by atoms with Gasteiger partial charge in [-0.1, -0.05) is 18.2 Å². The molecule has 0 saturated carbocycles. The van der Waals surface area contributed by atoms with Gasteiger partial charge in [-0.25, -0.2) is 0 Å². The first-order valence-electron chi connectivity index (χ1n) is 7.82. The molecule has 26 heavy (non-hydrogen) atoms. The Morgan fingerprint density at radius 3 is 2.46 bits per heavy atom. The summed E-state index contributed by atoms with van der Waals surface area (Å²) in [4.78, 5) is 12.6. The molecule has 0 aliphatic heterocycles. The summed E-state index contributed by atoms with van der Waals surface area (Å²) in [5, 5.41) is 14.3. The molecule has 7 nitrogen and oxygen atoms in total. The summed E-state index contributed by atoms with van der Waals surface area (Å²) in [6.45, 7) is 1.74. The maximum absolute atomic E-state index is 12.6. The third-order valence-corrected chi connectivity index (χ3v) is 3.89. The molecule has 0 amide bonds. The number of azo groups is 1. The highest BCUT2D eigenvalue weighted by atomic mass is 32.1. The summed E-state index contributed by atoms with van der Waals surface area (Å²) < 4.78 is 6.35. The van der Waals surface area contributed by atoms with Crippen LogP contribution in [0.25, 0.3) is 0 Å². The lowest BCUT2D eigenvalue weighted by Gasteiger charge is -2.08. The normalized spacial score (nSPS) is 10.8. The van der Waals surface area contributed by atoms with Gasteiger partial charge >= 0.3 is 5.56 Å². The second-order valence-corrected chi connectivity index (χ2v) is 5.81. The molecular weight excluding hydrogens is 350 g/mol. The SMILES string of the molecule is COc1ccc(NC(=S)n2[nH]c(C)c(N=Nc3ccccc3)c2=O)cc1. The van der Waals surface area contributed by atoms with E-state index in [9.17, 15) is 4.79 Å². The molecule has 0 spiro atoms. The molecule has 3 rings (SSSR count). The highest BCUT2D eigenvalue weighted by Crippen LogP contribution is 2.18. The number of rotatable bonds is 4. The number of ether oxygens (including phenoxy) is 1. The van der Waals surface area contributed by atoms with Gasteiger partial charge in [0.1, 0.15) is 5.75 Å². The Kier molecular flexibility index (Phi) is 5.23. The number of aryl methyl sites for hydroxylation is 1. The molecule has 0 unspecified atom stereocenters. The quantitative estimate of drug-likeness (QED) is 0.536. The fourth-order valence-electron chi connectivity index (χ4n) is 2.25. The van der Waals surface area contributed by atoms with Gasteiger partial charge in [0.15, 0.2) is 10.8 Å². The zero-order valence-corrected chi connectivity index (χ0v) is 15.1. The average molecular weight is 367 g/mol. The second kappa shape index (κ2) is 7.75. The Morgan fingerprint density at radius 2 is 1.81 bits per heavy atom. The van der Waals surface area contributed by atoms with Gasteiger partial charge < -0.3 is 10.1 Å². The van der Waals surface area contributed by atoms with Crippen molar-refractivity contribution in [2.45, 2.75) is 6.92 Å². The lowest BCUT2D eigenvalue weighted by Crippen LogP contribution is -2.29. The number of aromatic amines is 1. The molecule has 0 radical (unpaired) electrons. The van der Waals surface area contributed by atoms with Crippen molar-refractivity contribution in [1.29, 1.82) is 0 Å². The number of nitrogens with one attached hydrogen (secondary N) is 2. The number of anilines is 1. The first-order chi connectivity index (χ1) is 12.6. The lowest BCUT2D eigenvalue weighted by molar-refractivity contribution is 0.415. The number of methoxy groups -OCH3 is 1. The summed E-state index contributed by atoms with van der Waals surface area (Å²) in [6.07, 6.45) is 0. The lowest BCUT2D eigenvalue weighted by atomic mass is 10.3. The van der Waals surface area contributed by atoms with E-state index in [2.05, 4.69) is 20.6 Å². The van der Waals surface area contributed by atoms with Crippen molar-refractivity contribution in [3.05, 3.63) is 70.6 Å². The van der Waals surface area contributed by atoms with Crippen LogP contribution in [-0.4, -0.2) is 22.0 Å². The number of nitrogens with zero attached hydrogens (tertiary/aromatic N) is 3. The van der Waals surface area contributed by atoms with Crippen molar-refractivity contribution in [3.8, 4) is 5.75 Å². The topological polar surface area (TPSA) is 83.8 Å². The number of benzene rings is 2. The van der Waals surface area contributed by atoms with Crippen LogP contribution in [0.5, 0.6) is 5.75 Å². The summed E-state index contributed by atoms with van der Waals surface area (Å²) in [6, 6.07) is 16.4. The molecule has 0 aliphatic rings. The van der Waals surface area contributed by atoms with Gasteiger partial charge in [0.25, 0.3) is 0 Å². The van der Waals surface area contributed by atoms with Crippen molar-refractivity contribution in [3.63, 3.8) is 0 Å². The largest absolute Gasteiger partial charge is 0.497 e. The zero-order chi connectivity index (χ0) is 18.5. The molecule has 0 saturated heterocycles. The molecule has 2 N–H and O–H groups in total. The summed E-state index contributed by atoms with van der Waals surface area (Å²) in [5.41, 5.74) is 1.83. The standard InChI is InChI=1S/C18H17N5O2S/c1-12-16(21-20-14-6-4-3-5-7-14)17(24)23(22-12)18(26)19-13-8-10-15(25-2)11-9-13/h3-11,22H,1-2H3,(H,19,26). The summed E-state index contributed by atoms with van der Waals surface area (Å²) >= 11 is 5.32. The molecule has 8 heteroatoms. The van der Waals surface area contributed by atoms with Gasteiger partial charge in [-0.2, -0.15) is 9.80 Å². The van der Waals surface area contributed by atoms with E-state index in [0.29, 0.717) is 11.4 Å². The van der Waals surface area contributed by atoms with E-state index >= 15 is 0 Å². The fraction of sp³-hybridized carbons (Fsp3) is 0.111. The van der Waals surface area contributed by atoms with Crippen LogP contribution in [0.3, 0.4) is 0 Å². The van der Waals surface area contributed by atoms with Crippen molar-refractivity contribution in [1.82, 2.24) is 9.78 Å². The first kappa shape index (κ1) is 17.6. The Labute approximate surface area is 155 Å². The van der Waals surface area contributed by atoms with Gasteiger partial charge in [-0.15, -0.1) is 5.11 Å². The van der Waals surface area contributed by atoms with Gasteiger partial charge in [-0.3, -0.25) is 9.89 Å². The zero-order valence-electron chi connectivity index (χ0n) is 14.3. The van der Waals surface area contributed by atoms with E-state index in [1.165, 1.54) is 4.68 Å². The predicted molar refractivity (Wildman–Crippen MR) is 105 cm³/mol. The smallest absolute Gasteiger partial charge is 0.301 e. The van der Waals surface area contributed by atoms with E-state index in [0.717, 1.165) is 11.4 Å². The Bertz CT molecular complexity index is 991. The number of H-pyrrole nitrogens is 1. The second-order valence-electron chi connectivity index (χ2n) is 5.42. The predicted octanol–water partition coefficient (Wildman–Crippen LogP) is 4.15. The third-order valence-electron chi connectivity index (χ3n) is 3.61. The van der Waals surface area contributed by atoms with Crippen molar-refractivity contribution in [2.24, 2.45) is 10.2 Å². The van der Waals surface area contributed by atoms with Gasteiger partial charge in [0.2, 0.25) is 0 Å². The Hall–Kier alpha value is -3.26. The molecule has 3 aromatic rings. The summed E-state index contributed by atoms with van der Waals surface area (Å²) in [5.74, 6) is 0.734. The van der Waals surface area contributed by atoms with E-state index in [-0.39, 0.29) is 16.4 Å². The fourth-order valence-corrected chi connectivity index (χ4v) is 2.50. The number of hydrogen-bond acceptors (Lipinski definition) is 5. The highest BCUT2D eigenvalue weighted by molar-refractivity contribution is 7.80. The average Bonchev–Trinajstić information content (AvgIpc) is 2.95. The molecule has 132 valence electrons. The third kappa shape index (κ3) is 3.86. The van der Waals surface area contributed by atoms with Crippen molar-refractivity contribution < 1.29 is 4.74 Å². The molecule has 1 heterocycles. The Morgan fingerprint density at radius 1 is 1.12 bits per heavy atom. The Balaban J connectivity index is 1.81. The molecule has 1 aromatic heterocycles. The van der Waals surface area contributed by atoms with Crippen LogP contribution in [0.1, 0.15) is 5.69 Å². The minimum Gasteiger partial charge on any atom is -0.497 e. The van der Waals surface area contributed by atoms with Gasteiger partial charge in [0, 0.05) is 5.69 Å². The monoisotopic (exact) mass is 367 g/mol. The van der Waals surface area contributed by atoms with Crippen LogP contribution in [0.15, 0.2) is 69.6 Å². The van der Waals surface area contributed by atoms with Crippen molar-refractivity contribution in [2.75, 3.05) is 12.4 Å². The summed E-state index contributed by atoms with van der Waals surface area (Å²) in [7, 11) is 1.60. The van der Waals surface area contributed by atoms with E-state index in [4.69, 9.17) is 17.0 Å². The van der Waals surface area contributed by atoms with E-state index in [1.54, 1.807) is 38.3 Å². The van der Waals surface area contributed by atoms with E-state index in [1.807, 2.05) is 30.3 Å². The van der Waals surface area contributed by atoms with Crippen LogP contribution in [0.2, 0.25) is 0 Å². The molecule has 2 aromatic carbocycles. The van der Waals surface area contributed by atoms with Crippen LogP contribution in [0.4, 0.5) is 17.1 Å². The van der Waals surface area contributed by atoms with Crippen LogP contribution in [-0.2, 0) is 0 Å². The van der Waals surface area contributed by atoms with Crippen LogP contribution >= 0.6 is 12.2 Å². The van der Waals surface area contributed by atoms with Gasteiger partial charge in [0.05, 0.1) is 18.5 Å². The molecule has 0 aliphatic carbocycles. The molecular formula is C18H17N5O2S. The van der Waals surface area contributed by atoms with E-state index < -0.39 is 0 Å². The van der Waals surface area contributed by atoms with Crippen molar-refractivity contribution >= 4 is 34.4 Å². The van der Waals surface area contributed by atoms with Gasteiger partial charge in [-0.05, 0) is 55.5 Å². The molecule has 0 bridgehead atoms. The highest BCUT2D eigenvalue weighted by Gasteiger charge is 2.14. The maximum atomic E-state index is 12.6.